The summed E-state index contributed by atoms with van der Waals surface area (Å²) in [5.74, 6) is 3.72. The minimum absolute atomic E-state index is 0.0177. The van der Waals surface area contributed by atoms with Gasteiger partial charge in [-0.05, 0) is 11.6 Å². The van der Waals surface area contributed by atoms with Gasteiger partial charge in [-0.25, -0.2) is 15.8 Å². The minimum atomic E-state index is -4.64. The summed E-state index contributed by atoms with van der Waals surface area (Å²) >= 11 is 0. The molecule has 0 aliphatic heterocycles. The maximum Gasteiger partial charge on any atom is 0.451 e. The van der Waals surface area contributed by atoms with Gasteiger partial charge in [0.05, 0.1) is 0 Å². The fourth-order valence-corrected chi connectivity index (χ4v) is 1.43. The van der Waals surface area contributed by atoms with Crippen molar-refractivity contribution in [3.8, 4) is 0 Å². The molecular formula is C11H11F3N6. The van der Waals surface area contributed by atoms with Crippen LogP contribution in [0.3, 0.4) is 0 Å². The molecule has 2 rings (SSSR count). The molecule has 4 N–H and O–H groups in total. The highest BCUT2D eigenvalue weighted by Gasteiger charge is 2.35. The molecule has 0 aliphatic rings. The smallest absolute Gasteiger partial charge is 0.366 e. The van der Waals surface area contributed by atoms with Crippen LogP contribution in [0, 0.1) is 0 Å². The number of hydrogen-bond acceptors (Lipinski definition) is 6. The Hall–Kier alpha value is -2.42. The van der Waals surface area contributed by atoms with Gasteiger partial charge in [0.15, 0.2) is 0 Å². The summed E-state index contributed by atoms with van der Waals surface area (Å²) in [6, 6.07) is 4.80. The third-order valence-corrected chi connectivity index (χ3v) is 2.32. The largest absolute Gasteiger partial charge is 0.451 e. The lowest BCUT2D eigenvalue weighted by Crippen LogP contribution is -2.17. The molecule has 0 aliphatic carbocycles. The summed E-state index contributed by atoms with van der Waals surface area (Å²) in [6.45, 7) is 0.284. The van der Waals surface area contributed by atoms with Crippen molar-refractivity contribution >= 4 is 11.6 Å². The summed E-state index contributed by atoms with van der Waals surface area (Å²) in [6.07, 6.45) is -1.44. The number of nitrogen functional groups attached to an aromatic ring is 1. The van der Waals surface area contributed by atoms with E-state index in [0.717, 1.165) is 5.56 Å². The summed E-state index contributed by atoms with van der Waals surface area (Å²) < 4.78 is 37.8. The van der Waals surface area contributed by atoms with E-state index in [1.54, 1.807) is 24.5 Å². The normalized spacial score (nSPS) is 11.2. The molecule has 2 aromatic heterocycles. The second-order valence-electron chi connectivity index (χ2n) is 3.82. The monoisotopic (exact) mass is 284 g/mol. The lowest BCUT2D eigenvalue weighted by molar-refractivity contribution is -0.144. The number of nitrogens with one attached hydrogen (secondary N) is 2. The molecule has 20 heavy (non-hydrogen) atoms. The molecule has 0 saturated carbocycles. The average Bonchev–Trinajstić information content (AvgIpc) is 2.45. The Morgan fingerprint density at radius 3 is 2.55 bits per heavy atom. The van der Waals surface area contributed by atoms with Crippen LogP contribution >= 0.6 is 0 Å². The quantitative estimate of drug-likeness (QED) is 0.586. The Bertz CT molecular complexity index is 572. The van der Waals surface area contributed by atoms with Gasteiger partial charge in [-0.2, -0.15) is 13.2 Å². The molecular weight excluding hydrogens is 273 g/mol. The number of pyridine rings is 1. The first-order valence-electron chi connectivity index (χ1n) is 5.54. The number of hydrogen-bond donors (Lipinski definition) is 3. The van der Waals surface area contributed by atoms with Crippen LogP contribution in [0.2, 0.25) is 0 Å². The highest BCUT2D eigenvalue weighted by atomic mass is 19.4. The van der Waals surface area contributed by atoms with Crippen molar-refractivity contribution in [2.75, 3.05) is 10.7 Å². The number of alkyl halides is 3. The molecule has 0 fully saturated rings. The number of nitrogens with two attached hydrogens (primary N) is 1. The first-order chi connectivity index (χ1) is 9.49. The molecule has 0 aromatic carbocycles. The first kappa shape index (κ1) is 14.0. The second kappa shape index (κ2) is 5.70. The number of anilines is 2. The van der Waals surface area contributed by atoms with Gasteiger partial charge in [-0.15, -0.1) is 0 Å². The van der Waals surface area contributed by atoms with E-state index in [4.69, 9.17) is 5.84 Å². The van der Waals surface area contributed by atoms with Crippen LogP contribution in [0.15, 0.2) is 30.6 Å². The van der Waals surface area contributed by atoms with Crippen molar-refractivity contribution < 1.29 is 13.2 Å². The molecule has 0 spiro atoms. The molecule has 0 unspecified atom stereocenters. The zero-order valence-electron chi connectivity index (χ0n) is 10.1. The standard InChI is InChI=1S/C11H11F3N6/c12-11(13,14)10-18-8(4-9(19-10)20-15)17-6-7-2-1-3-16-5-7/h1-5H,6,15H2,(H2,17,18,19,20). The lowest BCUT2D eigenvalue weighted by Gasteiger charge is -2.11. The third-order valence-electron chi connectivity index (χ3n) is 2.32. The molecule has 9 heteroatoms. The molecule has 106 valence electrons. The van der Waals surface area contributed by atoms with Gasteiger partial charge in [0, 0.05) is 25.0 Å². The Labute approximate surface area is 112 Å². The Kier molecular flexibility index (Phi) is 3.99. The average molecular weight is 284 g/mol. The highest BCUT2D eigenvalue weighted by Crippen LogP contribution is 2.28. The van der Waals surface area contributed by atoms with Gasteiger partial charge in [-0.3, -0.25) is 4.98 Å². The maximum absolute atomic E-state index is 12.6. The van der Waals surface area contributed by atoms with Crippen LogP contribution < -0.4 is 16.6 Å². The van der Waals surface area contributed by atoms with E-state index in [2.05, 4.69) is 25.7 Å². The summed E-state index contributed by atoms with van der Waals surface area (Å²) in [4.78, 5) is 10.6. The van der Waals surface area contributed by atoms with Crippen molar-refractivity contribution in [1.29, 1.82) is 0 Å². The topological polar surface area (TPSA) is 88.8 Å². The molecule has 0 radical (unpaired) electrons. The Balaban J connectivity index is 2.19. The molecule has 0 amide bonds. The SMILES string of the molecule is NNc1cc(NCc2cccnc2)nc(C(F)(F)F)n1. The van der Waals surface area contributed by atoms with Gasteiger partial charge in [-0.1, -0.05) is 6.07 Å². The molecule has 0 saturated heterocycles. The van der Waals surface area contributed by atoms with Crippen LogP contribution in [-0.2, 0) is 12.7 Å². The van der Waals surface area contributed by atoms with Crippen molar-refractivity contribution in [1.82, 2.24) is 15.0 Å². The fraction of sp³-hybridized carbons (Fsp3) is 0.182. The minimum Gasteiger partial charge on any atom is -0.366 e. The first-order valence-corrected chi connectivity index (χ1v) is 5.54. The van der Waals surface area contributed by atoms with Crippen LogP contribution in [0.1, 0.15) is 11.4 Å². The lowest BCUT2D eigenvalue weighted by atomic mass is 10.3. The fourth-order valence-electron chi connectivity index (χ4n) is 1.43. The van der Waals surface area contributed by atoms with E-state index >= 15 is 0 Å². The van der Waals surface area contributed by atoms with E-state index in [1.807, 2.05) is 0 Å². The molecule has 6 nitrogen and oxygen atoms in total. The predicted molar refractivity (Wildman–Crippen MR) is 66.4 cm³/mol. The molecule has 0 bridgehead atoms. The van der Waals surface area contributed by atoms with Gasteiger partial charge in [0.1, 0.15) is 11.6 Å². The van der Waals surface area contributed by atoms with Crippen molar-refractivity contribution in [3.05, 3.63) is 42.0 Å². The molecule has 2 aromatic rings. The zero-order chi connectivity index (χ0) is 14.6. The third kappa shape index (κ3) is 3.54. The van der Waals surface area contributed by atoms with Crippen LogP contribution in [-0.4, -0.2) is 15.0 Å². The Morgan fingerprint density at radius 2 is 1.95 bits per heavy atom. The van der Waals surface area contributed by atoms with E-state index in [9.17, 15) is 13.2 Å². The van der Waals surface area contributed by atoms with Gasteiger partial charge in [0.25, 0.3) is 0 Å². The van der Waals surface area contributed by atoms with Crippen molar-refractivity contribution in [2.24, 2.45) is 5.84 Å². The second-order valence-corrected chi connectivity index (χ2v) is 3.82. The van der Waals surface area contributed by atoms with Crippen LogP contribution in [0.25, 0.3) is 0 Å². The van der Waals surface area contributed by atoms with E-state index < -0.39 is 12.0 Å². The van der Waals surface area contributed by atoms with Crippen molar-refractivity contribution in [2.45, 2.75) is 12.7 Å². The highest BCUT2D eigenvalue weighted by molar-refractivity contribution is 5.47. The number of hydrazine groups is 1. The van der Waals surface area contributed by atoms with Gasteiger partial charge >= 0.3 is 6.18 Å². The van der Waals surface area contributed by atoms with Crippen LogP contribution in [0.4, 0.5) is 24.8 Å². The van der Waals surface area contributed by atoms with Crippen LogP contribution in [0.5, 0.6) is 0 Å². The summed E-state index contributed by atoms with van der Waals surface area (Å²) in [7, 11) is 0. The number of halogens is 3. The number of rotatable bonds is 4. The van der Waals surface area contributed by atoms with E-state index in [-0.39, 0.29) is 18.2 Å². The molecule has 0 atom stereocenters. The predicted octanol–water partition coefficient (Wildman–Crippen LogP) is 1.79. The van der Waals surface area contributed by atoms with E-state index in [0.29, 0.717) is 0 Å². The Morgan fingerprint density at radius 1 is 1.20 bits per heavy atom. The molecule has 2 heterocycles. The zero-order valence-corrected chi connectivity index (χ0v) is 10.1. The van der Waals surface area contributed by atoms with E-state index in [1.165, 1.54) is 6.07 Å². The van der Waals surface area contributed by atoms with Gasteiger partial charge in [0.2, 0.25) is 5.82 Å². The van der Waals surface area contributed by atoms with Crippen molar-refractivity contribution in [3.63, 3.8) is 0 Å². The summed E-state index contributed by atoms with van der Waals surface area (Å²) in [5, 5.41) is 2.76. The number of aromatic nitrogens is 3. The number of nitrogens with zero attached hydrogens (tertiary/aromatic N) is 3. The summed E-state index contributed by atoms with van der Waals surface area (Å²) in [5.41, 5.74) is 2.88. The maximum atomic E-state index is 12.6. The van der Waals surface area contributed by atoms with Gasteiger partial charge < -0.3 is 10.7 Å².